The van der Waals surface area contributed by atoms with Crippen molar-refractivity contribution in [2.24, 2.45) is 0 Å². The van der Waals surface area contributed by atoms with E-state index in [9.17, 15) is 8.78 Å². The van der Waals surface area contributed by atoms with Crippen molar-refractivity contribution in [3.8, 4) is 5.75 Å². The molecule has 4 heteroatoms. The Morgan fingerprint density at radius 1 is 1.31 bits per heavy atom. The van der Waals surface area contributed by atoms with Crippen molar-refractivity contribution in [1.29, 1.82) is 0 Å². The summed E-state index contributed by atoms with van der Waals surface area (Å²) in [6.45, 7) is -1.78. The highest BCUT2D eigenvalue weighted by Gasteiger charge is 2.21. The minimum Gasteiger partial charge on any atom is -0.435 e. The van der Waals surface area contributed by atoms with Crippen molar-refractivity contribution in [3.05, 3.63) is 29.8 Å². The molecule has 1 atom stereocenters. The van der Waals surface area contributed by atoms with Gasteiger partial charge in [-0.1, -0.05) is 12.1 Å². The lowest BCUT2D eigenvalue weighted by Gasteiger charge is -2.04. The monoisotopic (exact) mass is 185 g/mol. The molecule has 0 aliphatic carbocycles. The summed E-state index contributed by atoms with van der Waals surface area (Å²) in [7, 11) is 0. The zero-order valence-electron chi connectivity index (χ0n) is 6.84. The Bertz CT molecular complexity index is 282. The van der Waals surface area contributed by atoms with E-state index in [-0.39, 0.29) is 5.75 Å². The topological polar surface area (TPSA) is 31.2 Å². The van der Waals surface area contributed by atoms with Gasteiger partial charge in [0.15, 0.2) is 0 Å². The van der Waals surface area contributed by atoms with Crippen LogP contribution < -0.4 is 10.1 Å². The molecule has 1 fully saturated rings. The Hall–Kier alpha value is -1.16. The van der Waals surface area contributed by atoms with Crippen LogP contribution in [-0.4, -0.2) is 13.2 Å². The molecule has 1 aromatic rings. The summed E-state index contributed by atoms with van der Waals surface area (Å²) in [5.41, 5.74) is 1.11. The molecule has 1 aliphatic rings. The van der Waals surface area contributed by atoms with E-state index in [1.807, 2.05) is 0 Å². The number of hydrogen-bond donors (Lipinski definition) is 1. The average Bonchev–Trinajstić information content (AvgIpc) is 2.87. The van der Waals surface area contributed by atoms with Crippen LogP contribution in [0.15, 0.2) is 24.3 Å². The zero-order chi connectivity index (χ0) is 9.26. The van der Waals surface area contributed by atoms with Crippen LogP contribution in [0.25, 0.3) is 0 Å². The Labute approximate surface area is 74.5 Å². The van der Waals surface area contributed by atoms with E-state index in [1.54, 1.807) is 24.3 Å². The smallest absolute Gasteiger partial charge is 0.387 e. The highest BCUT2D eigenvalue weighted by molar-refractivity contribution is 5.31. The molecular weight excluding hydrogens is 176 g/mol. The van der Waals surface area contributed by atoms with Gasteiger partial charge < -0.3 is 10.1 Å². The molecule has 0 saturated carbocycles. The molecule has 1 aromatic carbocycles. The molecule has 70 valence electrons. The van der Waals surface area contributed by atoms with Gasteiger partial charge in [-0.2, -0.15) is 8.78 Å². The molecule has 2 rings (SSSR count). The third-order valence-corrected chi connectivity index (χ3v) is 1.92. The summed E-state index contributed by atoms with van der Waals surface area (Å²) in [5, 5.41) is 3.12. The van der Waals surface area contributed by atoms with E-state index in [0.29, 0.717) is 6.04 Å². The van der Waals surface area contributed by atoms with E-state index >= 15 is 0 Å². The van der Waals surface area contributed by atoms with Crippen molar-refractivity contribution >= 4 is 0 Å². The predicted octanol–water partition coefficient (Wildman–Crippen LogP) is 1.93. The second-order valence-corrected chi connectivity index (χ2v) is 2.91. The van der Waals surface area contributed by atoms with Gasteiger partial charge in [0.05, 0.1) is 0 Å². The summed E-state index contributed by atoms with van der Waals surface area (Å²) < 4.78 is 27.7. The van der Waals surface area contributed by atoms with Gasteiger partial charge >= 0.3 is 6.61 Å². The number of nitrogens with one attached hydrogen (secondary N) is 1. The van der Waals surface area contributed by atoms with Gasteiger partial charge in [0, 0.05) is 12.6 Å². The van der Waals surface area contributed by atoms with E-state index in [1.165, 1.54) is 0 Å². The number of rotatable bonds is 3. The zero-order valence-corrected chi connectivity index (χ0v) is 6.84. The molecule has 0 radical (unpaired) electrons. The van der Waals surface area contributed by atoms with Gasteiger partial charge in [-0.05, 0) is 17.7 Å². The first-order valence-electron chi connectivity index (χ1n) is 4.04. The maximum Gasteiger partial charge on any atom is 0.387 e. The first-order chi connectivity index (χ1) is 6.25. The highest BCUT2D eigenvalue weighted by Crippen LogP contribution is 2.24. The van der Waals surface area contributed by atoms with Crippen molar-refractivity contribution < 1.29 is 13.5 Å². The third-order valence-electron chi connectivity index (χ3n) is 1.92. The van der Waals surface area contributed by atoms with Gasteiger partial charge in [-0.3, -0.25) is 0 Å². The molecule has 1 unspecified atom stereocenters. The van der Waals surface area contributed by atoms with E-state index in [0.717, 1.165) is 12.1 Å². The molecule has 0 aromatic heterocycles. The first-order valence-corrected chi connectivity index (χ1v) is 4.04. The normalized spacial score (nSPS) is 20.4. The molecule has 2 nitrogen and oxygen atoms in total. The lowest BCUT2D eigenvalue weighted by molar-refractivity contribution is -0.0498. The molecule has 0 amide bonds. The SMILES string of the molecule is FC(F)Oc1ccc(C2CN2)cc1. The minimum absolute atomic E-state index is 0.208. The summed E-state index contributed by atoms with van der Waals surface area (Å²) in [4.78, 5) is 0. The predicted molar refractivity (Wildman–Crippen MR) is 43.8 cm³/mol. The highest BCUT2D eigenvalue weighted by atomic mass is 19.3. The number of halogens is 2. The Morgan fingerprint density at radius 2 is 1.92 bits per heavy atom. The average molecular weight is 185 g/mol. The van der Waals surface area contributed by atoms with Crippen LogP contribution in [0, 0.1) is 0 Å². The number of ether oxygens (including phenoxy) is 1. The van der Waals surface area contributed by atoms with Crippen molar-refractivity contribution in [2.75, 3.05) is 6.54 Å². The number of alkyl halides is 2. The van der Waals surface area contributed by atoms with Crippen LogP contribution in [0.3, 0.4) is 0 Å². The van der Waals surface area contributed by atoms with Crippen LogP contribution in [0.4, 0.5) is 8.78 Å². The minimum atomic E-state index is -2.75. The molecule has 0 spiro atoms. The second kappa shape index (κ2) is 3.30. The standard InChI is InChI=1S/C9H9F2NO/c10-9(11)13-7-3-1-6(2-4-7)8-5-12-8/h1-4,8-9,12H,5H2. The molecule has 13 heavy (non-hydrogen) atoms. The summed E-state index contributed by atoms with van der Waals surface area (Å²) in [6, 6.07) is 7.11. The molecule has 1 heterocycles. The number of benzene rings is 1. The van der Waals surface area contributed by atoms with Gasteiger partial charge in [0.1, 0.15) is 5.75 Å². The van der Waals surface area contributed by atoms with E-state index in [4.69, 9.17) is 0 Å². The Balaban J connectivity index is 2.04. The summed E-state index contributed by atoms with van der Waals surface area (Å²) >= 11 is 0. The summed E-state index contributed by atoms with van der Waals surface area (Å²) in [5.74, 6) is 0.208. The van der Waals surface area contributed by atoms with Gasteiger partial charge in [-0.15, -0.1) is 0 Å². The van der Waals surface area contributed by atoms with Crippen LogP contribution in [-0.2, 0) is 0 Å². The van der Waals surface area contributed by atoms with Gasteiger partial charge in [-0.25, -0.2) is 0 Å². The fourth-order valence-corrected chi connectivity index (χ4v) is 1.18. The molecular formula is C9H9F2NO. The summed E-state index contributed by atoms with van der Waals surface area (Å²) in [6.07, 6.45) is 0. The molecule has 1 aliphatic heterocycles. The van der Waals surface area contributed by atoms with Gasteiger partial charge in [0.2, 0.25) is 0 Å². The maximum absolute atomic E-state index is 11.8. The fraction of sp³-hybridized carbons (Fsp3) is 0.333. The Kier molecular flexibility index (Phi) is 2.14. The number of hydrogen-bond acceptors (Lipinski definition) is 2. The van der Waals surface area contributed by atoms with Crippen LogP contribution >= 0.6 is 0 Å². The molecule has 0 bridgehead atoms. The second-order valence-electron chi connectivity index (χ2n) is 2.91. The maximum atomic E-state index is 11.8. The molecule has 1 N–H and O–H groups in total. The van der Waals surface area contributed by atoms with Crippen LogP contribution in [0.1, 0.15) is 11.6 Å². The third kappa shape index (κ3) is 2.15. The molecule has 1 saturated heterocycles. The van der Waals surface area contributed by atoms with Crippen LogP contribution in [0.2, 0.25) is 0 Å². The fourth-order valence-electron chi connectivity index (χ4n) is 1.18. The lowest BCUT2D eigenvalue weighted by atomic mass is 10.1. The van der Waals surface area contributed by atoms with Crippen molar-refractivity contribution in [3.63, 3.8) is 0 Å². The Morgan fingerprint density at radius 3 is 2.38 bits per heavy atom. The quantitative estimate of drug-likeness (QED) is 0.729. The lowest BCUT2D eigenvalue weighted by Crippen LogP contribution is -2.01. The van der Waals surface area contributed by atoms with Crippen LogP contribution in [0.5, 0.6) is 5.75 Å². The van der Waals surface area contributed by atoms with E-state index < -0.39 is 6.61 Å². The van der Waals surface area contributed by atoms with Crippen molar-refractivity contribution in [1.82, 2.24) is 5.32 Å². The van der Waals surface area contributed by atoms with E-state index in [2.05, 4.69) is 10.1 Å². The van der Waals surface area contributed by atoms with Gasteiger partial charge in [0.25, 0.3) is 0 Å². The largest absolute Gasteiger partial charge is 0.435 e. The first kappa shape index (κ1) is 8.44. The van der Waals surface area contributed by atoms with Crippen molar-refractivity contribution in [2.45, 2.75) is 12.7 Å².